The lowest BCUT2D eigenvalue weighted by atomic mass is 10.0. The van der Waals surface area contributed by atoms with Crippen molar-refractivity contribution in [3.63, 3.8) is 0 Å². The van der Waals surface area contributed by atoms with Gasteiger partial charge in [-0.25, -0.2) is 5.06 Å². The molecule has 0 radical (unpaired) electrons. The standard InChI is InChI=1S/C21H25N3O5/c1-2-23(29-15-17-5-10-19(11-6-17)24(27)28)21(26)14-13-20(25)12-7-16-3-8-18(22)9-4-16/h3-6,8-11H,2,7,12-15,22H2,1H3. The number of nitrogens with zero attached hydrogens (tertiary/aromatic N) is 2. The number of amides is 1. The molecule has 0 unspecified atom stereocenters. The predicted molar refractivity (Wildman–Crippen MR) is 109 cm³/mol. The number of hydrogen-bond acceptors (Lipinski definition) is 6. The number of nitrogens with two attached hydrogens (primary N) is 1. The van der Waals surface area contributed by atoms with Crippen molar-refractivity contribution in [2.45, 2.75) is 39.2 Å². The number of nitro benzene ring substituents is 1. The molecule has 29 heavy (non-hydrogen) atoms. The van der Waals surface area contributed by atoms with E-state index in [1.807, 2.05) is 12.1 Å². The number of Topliss-reactive ketones (excluding diaryl/α,β-unsaturated/α-hetero) is 1. The highest BCUT2D eigenvalue weighted by Crippen LogP contribution is 2.14. The third-order valence-corrected chi connectivity index (χ3v) is 4.39. The highest BCUT2D eigenvalue weighted by atomic mass is 16.7. The molecular formula is C21H25N3O5. The minimum atomic E-state index is -0.475. The molecule has 0 aliphatic heterocycles. The third-order valence-electron chi connectivity index (χ3n) is 4.39. The molecule has 2 aromatic carbocycles. The van der Waals surface area contributed by atoms with Gasteiger partial charge in [0.05, 0.1) is 4.92 Å². The zero-order valence-corrected chi connectivity index (χ0v) is 16.4. The van der Waals surface area contributed by atoms with E-state index in [4.69, 9.17) is 10.6 Å². The lowest BCUT2D eigenvalue weighted by molar-refractivity contribution is -0.384. The maximum atomic E-state index is 12.3. The van der Waals surface area contributed by atoms with Gasteiger partial charge in [-0.3, -0.25) is 24.5 Å². The minimum absolute atomic E-state index is 0.00495. The first-order valence-electron chi connectivity index (χ1n) is 9.41. The van der Waals surface area contributed by atoms with Crippen molar-refractivity contribution in [1.82, 2.24) is 5.06 Å². The van der Waals surface area contributed by atoms with Crippen molar-refractivity contribution >= 4 is 23.1 Å². The molecule has 0 aliphatic rings. The molecule has 1 amide bonds. The Bertz CT molecular complexity index is 834. The van der Waals surface area contributed by atoms with Crippen LogP contribution in [0.5, 0.6) is 0 Å². The van der Waals surface area contributed by atoms with Crippen LogP contribution in [0, 0.1) is 10.1 Å². The van der Waals surface area contributed by atoms with Crippen molar-refractivity contribution in [3.05, 3.63) is 69.8 Å². The van der Waals surface area contributed by atoms with Gasteiger partial charge >= 0.3 is 0 Å². The van der Waals surface area contributed by atoms with Gasteiger partial charge in [0.15, 0.2) is 0 Å². The first-order valence-corrected chi connectivity index (χ1v) is 9.41. The summed E-state index contributed by atoms with van der Waals surface area (Å²) in [5, 5.41) is 11.9. The van der Waals surface area contributed by atoms with E-state index in [0.717, 1.165) is 5.56 Å². The van der Waals surface area contributed by atoms with Crippen molar-refractivity contribution in [3.8, 4) is 0 Å². The molecule has 8 nitrogen and oxygen atoms in total. The first-order chi connectivity index (χ1) is 13.9. The summed E-state index contributed by atoms with van der Waals surface area (Å²) >= 11 is 0. The summed E-state index contributed by atoms with van der Waals surface area (Å²) in [4.78, 5) is 40.1. The molecule has 0 aliphatic carbocycles. The summed E-state index contributed by atoms with van der Waals surface area (Å²) in [5.74, 6) is -0.253. The minimum Gasteiger partial charge on any atom is -0.399 e. The van der Waals surface area contributed by atoms with Crippen LogP contribution in [-0.2, 0) is 27.5 Å². The van der Waals surface area contributed by atoms with Gasteiger partial charge in [0.1, 0.15) is 12.4 Å². The average molecular weight is 399 g/mol. The molecule has 0 fully saturated rings. The Hall–Kier alpha value is -3.26. The topological polar surface area (TPSA) is 116 Å². The maximum Gasteiger partial charge on any atom is 0.269 e. The van der Waals surface area contributed by atoms with E-state index < -0.39 is 4.92 Å². The van der Waals surface area contributed by atoms with Gasteiger partial charge in [0.2, 0.25) is 5.91 Å². The largest absolute Gasteiger partial charge is 0.399 e. The fraction of sp³-hybridized carbons (Fsp3) is 0.333. The van der Waals surface area contributed by atoms with Crippen LogP contribution in [0.25, 0.3) is 0 Å². The van der Waals surface area contributed by atoms with Gasteiger partial charge in [-0.15, -0.1) is 0 Å². The molecule has 2 rings (SSSR count). The van der Waals surface area contributed by atoms with E-state index in [1.165, 1.54) is 17.2 Å². The second kappa shape index (κ2) is 10.9. The van der Waals surface area contributed by atoms with E-state index in [-0.39, 0.29) is 36.8 Å². The van der Waals surface area contributed by atoms with Crippen molar-refractivity contribution in [2.75, 3.05) is 12.3 Å². The third kappa shape index (κ3) is 7.34. The van der Waals surface area contributed by atoms with Gasteiger partial charge in [-0.2, -0.15) is 0 Å². The van der Waals surface area contributed by atoms with Gasteiger partial charge in [-0.1, -0.05) is 12.1 Å². The lowest BCUT2D eigenvalue weighted by Gasteiger charge is -2.20. The second-order valence-corrected chi connectivity index (χ2v) is 6.57. The predicted octanol–water partition coefficient (Wildman–Crippen LogP) is 3.44. The molecule has 0 saturated heterocycles. The molecule has 8 heteroatoms. The fourth-order valence-corrected chi connectivity index (χ4v) is 2.67. The van der Waals surface area contributed by atoms with Crippen LogP contribution < -0.4 is 5.73 Å². The molecule has 0 atom stereocenters. The zero-order valence-electron chi connectivity index (χ0n) is 16.4. The fourth-order valence-electron chi connectivity index (χ4n) is 2.67. The molecule has 0 spiro atoms. The smallest absolute Gasteiger partial charge is 0.269 e. The zero-order chi connectivity index (χ0) is 21.2. The quantitative estimate of drug-likeness (QED) is 0.351. The molecular weight excluding hydrogens is 374 g/mol. The average Bonchev–Trinajstić information content (AvgIpc) is 2.72. The van der Waals surface area contributed by atoms with Crippen LogP contribution in [-0.4, -0.2) is 28.2 Å². The summed E-state index contributed by atoms with van der Waals surface area (Å²) in [6, 6.07) is 13.3. The molecule has 0 aromatic heterocycles. The number of aryl methyl sites for hydroxylation is 1. The van der Waals surface area contributed by atoms with E-state index in [1.54, 1.807) is 31.2 Å². The Morgan fingerprint density at radius 2 is 1.62 bits per heavy atom. The Morgan fingerprint density at radius 3 is 2.21 bits per heavy atom. The normalized spacial score (nSPS) is 10.5. The van der Waals surface area contributed by atoms with Crippen LogP contribution >= 0.6 is 0 Å². The van der Waals surface area contributed by atoms with Gasteiger partial charge in [0, 0.05) is 43.6 Å². The van der Waals surface area contributed by atoms with Crippen LogP contribution in [0.3, 0.4) is 0 Å². The van der Waals surface area contributed by atoms with Gasteiger partial charge in [0.25, 0.3) is 5.69 Å². The summed E-state index contributed by atoms with van der Waals surface area (Å²) in [6.45, 7) is 2.23. The molecule has 154 valence electrons. The van der Waals surface area contributed by atoms with Gasteiger partial charge < -0.3 is 5.73 Å². The monoisotopic (exact) mass is 399 g/mol. The number of nitro groups is 1. The van der Waals surface area contributed by atoms with Crippen LogP contribution in [0.15, 0.2) is 48.5 Å². The number of carbonyl (C=O) groups is 2. The number of ketones is 1. The van der Waals surface area contributed by atoms with E-state index >= 15 is 0 Å². The number of carbonyl (C=O) groups excluding carboxylic acids is 2. The highest BCUT2D eigenvalue weighted by molar-refractivity contribution is 5.84. The number of nitrogen functional groups attached to an aromatic ring is 1. The number of rotatable bonds is 11. The van der Waals surface area contributed by atoms with E-state index in [0.29, 0.717) is 30.6 Å². The second-order valence-electron chi connectivity index (χ2n) is 6.57. The summed E-state index contributed by atoms with van der Waals surface area (Å²) in [5.41, 5.74) is 8.05. The van der Waals surface area contributed by atoms with Crippen LogP contribution in [0.4, 0.5) is 11.4 Å². The molecule has 0 saturated carbocycles. The van der Waals surface area contributed by atoms with Crippen LogP contribution in [0.2, 0.25) is 0 Å². The number of benzene rings is 2. The number of anilines is 1. The number of hydroxylamine groups is 2. The SMILES string of the molecule is CCN(OCc1ccc([N+](=O)[O-])cc1)C(=O)CCC(=O)CCc1ccc(N)cc1. The van der Waals surface area contributed by atoms with E-state index in [9.17, 15) is 19.7 Å². The first kappa shape index (κ1) is 22.0. The molecule has 2 aromatic rings. The Morgan fingerprint density at radius 1 is 1.00 bits per heavy atom. The number of hydrogen-bond donors (Lipinski definition) is 1. The van der Waals surface area contributed by atoms with Crippen molar-refractivity contribution < 1.29 is 19.3 Å². The highest BCUT2D eigenvalue weighted by Gasteiger charge is 2.15. The molecule has 0 heterocycles. The summed E-state index contributed by atoms with van der Waals surface area (Å²) in [6.07, 6.45) is 1.22. The lowest BCUT2D eigenvalue weighted by Crippen LogP contribution is -2.31. The van der Waals surface area contributed by atoms with Crippen molar-refractivity contribution in [2.24, 2.45) is 0 Å². The maximum absolute atomic E-state index is 12.3. The molecule has 2 N–H and O–H groups in total. The van der Waals surface area contributed by atoms with Crippen LogP contribution in [0.1, 0.15) is 37.3 Å². The van der Waals surface area contributed by atoms with Crippen molar-refractivity contribution in [1.29, 1.82) is 0 Å². The summed E-state index contributed by atoms with van der Waals surface area (Å²) in [7, 11) is 0. The molecule has 0 bridgehead atoms. The summed E-state index contributed by atoms with van der Waals surface area (Å²) < 4.78 is 0. The van der Waals surface area contributed by atoms with E-state index in [2.05, 4.69) is 0 Å². The van der Waals surface area contributed by atoms with Gasteiger partial charge in [-0.05, 0) is 48.7 Å². The number of non-ortho nitro benzene ring substituents is 1. The Labute approximate surface area is 169 Å². The Balaban J connectivity index is 1.74. The Kier molecular flexibility index (Phi) is 8.29.